The lowest BCUT2D eigenvalue weighted by Gasteiger charge is -2.23. The first-order chi connectivity index (χ1) is 10.0. The molecule has 0 atom stereocenters. The number of phenols is 1. The quantitative estimate of drug-likeness (QED) is 0.873. The molecule has 0 unspecified atom stereocenters. The number of carbonyl (C=O) groups excluding carboxylic acids is 1. The summed E-state index contributed by atoms with van der Waals surface area (Å²) >= 11 is 5.73. The summed E-state index contributed by atoms with van der Waals surface area (Å²) in [6.45, 7) is 4.26. The van der Waals surface area contributed by atoms with Gasteiger partial charge < -0.3 is 10.0 Å². The molecule has 2 aromatic carbocycles. The third-order valence-electron chi connectivity index (χ3n) is 3.25. The minimum atomic E-state index is -0.190. The zero-order valence-electron chi connectivity index (χ0n) is 12.1. The summed E-state index contributed by atoms with van der Waals surface area (Å²) in [5.41, 5.74) is 3.64. The minimum absolute atomic E-state index is 0.0966. The molecule has 0 heterocycles. The fourth-order valence-corrected chi connectivity index (χ4v) is 2.46. The van der Waals surface area contributed by atoms with Crippen molar-refractivity contribution in [2.45, 2.75) is 20.4 Å². The lowest BCUT2D eigenvalue weighted by Crippen LogP contribution is -2.31. The van der Waals surface area contributed by atoms with Crippen molar-refractivity contribution in [2.24, 2.45) is 0 Å². The number of hydrogen-bond donors (Lipinski definition) is 1. The van der Waals surface area contributed by atoms with Gasteiger partial charge >= 0.3 is 0 Å². The number of anilines is 1. The Bertz CT molecular complexity index is 635. The van der Waals surface area contributed by atoms with Crippen LogP contribution >= 0.6 is 11.6 Å². The van der Waals surface area contributed by atoms with Gasteiger partial charge in [-0.3, -0.25) is 4.79 Å². The number of phenolic OH excluding ortho intramolecular Hbond substituents is 1. The first-order valence-corrected chi connectivity index (χ1v) is 7.26. The molecule has 0 aliphatic carbocycles. The van der Waals surface area contributed by atoms with Crippen LogP contribution in [-0.4, -0.2) is 16.9 Å². The van der Waals surface area contributed by atoms with Gasteiger partial charge in [0, 0.05) is 11.3 Å². The Labute approximate surface area is 129 Å². The van der Waals surface area contributed by atoms with Crippen LogP contribution in [-0.2, 0) is 11.3 Å². The lowest BCUT2D eigenvalue weighted by atomic mass is 10.1. The molecule has 1 N–H and O–H groups in total. The molecular weight excluding hydrogens is 286 g/mol. The molecule has 0 bridgehead atoms. The largest absolute Gasteiger partial charge is 0.508 e. The topological polar surface area (TPSA) is 40.5 Å². The predicted molar refractivity (Wildman–Crippen MR) is 85.9 cm³/mol. The zero-order valence-corrected chi connectivity index (χ0v) is 12.9. The van der Waals surface area contributed by atoms with Crippen LogP contribution in [0, 0.1) is 13.8 Å². The fourth-order valence-electron chi connectivity index (χ4n) is 2.32. The van der Waals surface area contributed by atoms with Crippen molar-refractivity contribution in [1.29, 1.82) is 0 Å². The van der Waals surface area contributed by atoms with E-state index < -0.39 is 0 Å². The Morgan fingerprint density at radius 3 is 2.33 bits per heavy atom. The van der Waals surface area contributed by atoms with E-state index in [9.17, 15) is 9.90 Å². The molecule has 3 nitrogen and oxygen atoms in total. The molecule has 0 fully saturated rings. The number of alkyl halides is 1. The third-order valence-corrected chi connectivity index (χ3v) is 3.48. The Kier molecular flexibility index (Phi) is 4.86. The van der Waals surface area contributed by atoms with E-state index in [0.717, 1.165) is 16.8 Å². The molecule has 110 valence electrons. The van der Waals surface area contributed by atoms with Gasteiger partial charge in [-0.05, 0) is 43.2 Å². The van der Waals surface area contributed by atoms with Gasteiger partial charge in [-0.15, -0.1) is 11.6 Å². The number of aryl methyl sites for hydroxylation is 2. The van der Waals surface area contributed by atoms with E-state index in [4.69, 9.17) is 11.6 Å². The Hall–Kier alpha value is -2.00. The molecule has 1 amide bonds. The van der Waals surface area contributed by atoms with Gasteiger partial charge in [0.15, 0.2) is 0 Å². The van der Waals surface area contributed by atoms with Crippen LogP contribution in [0.3, 0.4) is 0 Å². The van der Waals surface area contributed by atoms with E-state index in [0.29, 0.717) is 12.1 Å². The maximum atomic E-state index is 12.2. The first-order valence-electron chi connectivity index (χ1n) is 6.72. The van der Waals surface area contributed by atoms with E-state index in [1.807, 2.05) is 38.1 Å². The zero-order chi connectivity index (χ0) is 15.4. The molecule has 2 rings (SSSR count). The maximum Gasteiger partial charge on any atom is 0.242 e. The molecule has 4 heteroatoms. The highest BCUT2D eigenvalue weighted by Crippen LogP contribution is 2.24. The Morgan fingerprint density at radius 2 is 1.76 bits per heavy atom. The number of nitrogens with zero attached hydrogens (tertiary/aromatic N) is 1. The van der Waals surface area contributed by atoms with Crippen LogP contribution in [0.4, 0.5) is 5.69 Å². The SMILES string of the molecule is Cc1cc(C)cc(N(Cc2ccccc2O)C(=O)CCl)c1. The number of amides is 1. The molecule has 2 aromatic rings. The number of rotatable bonds is 4. The van der Waals surface area contributed by atoms with Crippen molar-refractivity contribution in [1.82, 2.24) is 0 Å². The van der Waals surface area contributed by atoms with Gasteiger partial charge in [-0.2, -0.15) is 0 Å². The number of halogens is 1. The van der Waals surface area contributed by atoms with Crippen LogP contribution in [0.1, 0.15) is 16.7 Å². The second-order valence-electron chi connectivity index (χ2n) is 5.09. The molecule has 0 aromatic heterocycles. The van der Waals surface area contributed by atoms with Crippen LogP contribution in [0.5, 0.6) is 5.75 Å². The highest BCUT2D eigenvalue weighted by atomic mass is 35.5. The Balaban J connectivity index is 2.39. The van der Waals surface area contributed by atoms with Crippen LogP contribution < -0.4 is 4.90 Å². The van der Waals surface area contributed by atoms with E-state index in [1.165, 1.54) is 0 Å². The summed E-state index contributed by atoms with van der Waals surface area (Å²) in [5, 5.41) is 9.90. The van der Waals surface area contributed by atoms with Gasteiger partial charge in [0.2, 0.25) is 5.91 Å². The summed E-state index contributed by atoms with van der Waals surface area (Å²) in [5.74, 6) is -0.111. The van der Waals surface area contributed by atoms with E-state index in [-0.39, 0.29) is 17.5 Å². The highest BCUT2D eigenvalue weighted by molar-refractivity contribution is 6.29. The van der Waals surface area contributed by atoms with Crippen molar-refractivity contribution in [3.05, 3.63) is 59.2 Å². The molecule has 0 saturated heterocycles. The predicted octanol–water partition coefficient (Wildman–Crippen LogP) is 3.78. The molecule has 0 spiro atoms. The second kappa shape index (κ2) is 6.64. The van der Waals surface area contributed by atoms with E-state index in [2.05, 4.69) is 0 Å². The van der Waals surface area contributed by atoms with Gasteiger partial charge in [0.1, 0.15) is 11.6 Å². The molecule has 21 heavy (non-hydrogen) atoms. The van der Waals surface area contributed by atoms with Crippen molar-refractivity contribution < 1.29 is 9.90 Å². The molecule has 0 saturated carbocycles. The van der Waals surface area contributed by atoms with E-state index in [1.54, 1.807) is 23.1 Å². The minimum Gasteiger partial charge on any atom is -0.508 e. The number of para-hydroxylation sites is 1. The average molecular weight is 304 g/mol. The molecule has 0 radical (unpaired) electrons. The smallest absolute Gasteiger partial charge is 0.242 e. The van der Waals surface area contributed by atoms with Crippen molar-refractivity contribution in [3.8, 4) is 5.75 Å². The normalized spacial score (nSPS) is 10.4. The molecular formula is C17H18ClNO2. The number of hydrogen-bond acceptors (Lipinski definition) is 2. The summed E-state index contributed by atoms with van der Waals surface area (Å²) in [4.78, 5) is 13.8. The van der Waals surface area contributed by atoms with Gasteiger partial charge in [-0.1, -0.05) is 24.3 Å². The average Bonchev–Trinajstić information content (AvgIpc) is 2.44. The summed E-state index contributed by atoms with van der Waals surface area (Å²) in [7, 11) is 0. The van der Waals surface area contributed by atoms with Crippen LogP contribution in [0.2, 0.25) is 0 Å². The van der Waals surface area contributed by atoms with Crippen molar-refractivity contribution in [2.75, 3.05) is 10.8 Å². The first kappa shape index (κ1) is 15.4. The van der Waals surface area contributed by atoms with E-state index >= 15 is 0 Å². The fraction of sp³-hybridized carbons (Fsp3) is 0.235. The molecule has 0 aliphatic rings. The van der Waals surface area contributed by atoms with Gasteiger partial charge in [0.05, 0.1) is 6.54 Å². The summed E-state index contributed by atoms with van der Waals surface area (Å²) < 4.78 is 0. The highest BCUT2D eigenvalue weighted by Gasteiger charge is 2.17. The standard InChI is InChI=1S/C17H18ClNO2/c1-12-7-13(2)9-15(8-12)19(17(21)10-18)11-14-5-3-4-6-16(14)20/h3-9,20H,10-11H2,1-2H3. The van der Waals surface area contributed by atoms with Gasteiger partial charge in [-0.25, -0.2) is 0 Å². The number of benzene rings is 2. The monoisotopic (exact) mass is 303 g/mol. The maximum absolute atomic E-state index is 12.2. The summed E-state index contributed by atoms with van der Waals surface area (Å²) in [6.07, 6.45) is 0. The summed E-state index contributed by atoms with van der Waals surface area (Å²) in [6, 6.07) is 12.9. The second-order valence-corrected chi connectivity index (χ2v) is 5.36. The third kappa shape index (κ3) is 3.76. The lowest BCUT2D eigenvalue weighted by molar-refractivity contribution is -0.116. The number of carbonyl (C=O) groups is 1. The molecule has 0 aliphatic heterocycles. The van der Waals surface area contributed by atoms with Crippen molar-refractivity contribution >= 4 is 23.2 Å². The Morgan fingerprint density at radius 1 is 1.14 bits per heavy atom. The van der Waals surface area contributed by atoms with Crippen molar-refractivity contribution in [3.63, 3.8) is 0 Å². The van der Waals surface area contributed by atoms with Gasteiger partial charge in [0.25, 0.3) is 0 Å². The van der Waals surface area contributed by atoms with Crippen LogP contribution in [0.15, 0.2) is 42.5 Å². The van der Waals surface area contributed by atoms with Crippen LogP contribution in [0.25, 0.3) is 0 Å². The number of aromatic hydroxyl groups is 1.